The van der Waals surface area contributed by atoms with E-state index in [1.54, 1.807) is 54.6 Å². The van der Waals surface area contributed by atoms with E-state index in [-0.39, 0.29) is 64.0 Å². The molecule has 23 heteroatoms. The summed E-state index contributed by atoms with van der Waals surface area (Å²) in [4.78, 5) is 25.2. The molecule has 0 bridgehead atoms. The van der Waals surface area contributed by atoms with Crippen molar-refractivity contribution in [3.05, 3.63) is 126 Å². The molecular formula is C40H30F6N14O2S. The number of aromatic amines is 2. The molecule has 4 heterocycles. The third-order valence-electron chi connectivity index (χ3n) is 8.68. The van der Waals surface area contributed by atoms with Crippen LogP contribution in [0.4, 0.5) is 61.2 Å². The summed E-state index contributed by atoms with van der Waals surface area (Å²) in [6.07, 6.45) is -7.65. The lowest BCUT2D eigenvalue weighted by Gasteiger charge is -2.12. The first kappa shape index (κ1) is 41.8. The number of H-pyrrole nitrogens is 2. The van der Waals surface area contributed by atoms with E-state index in [0.29, 0.717) is 39.8 Å². The number of hydrogen-bond acceptors (Lipinski definition) is 15. The Labute approximate surface area is 356 Å². The van der Waals surface area contributed by atoms with Crippen molar-refractivity contribution in [3.63, 3.8) is 0 Å². The Kier molecular flexibility index (Phi) is 11.6. The van der Waals surface area contributed by atoms with Gasteiger partial charge in [-0.15, -0.1) is 10.2 Å². The lowest BCUT2D eigenvalue weighted by Crippen LogP contribution is -2.07. The van der Waals surface area contributed by atoms with E-state index in [2.05, 4.69) is 60.9 Å². The zero-order valence-electron chi connectivity index (χ0n) is 32.0. The molecule has 4 aromatic heterocycles. The number of thioether (sulfide) groups is 1. The summed E-state index contributed by atoms with van der Waals surface area (Å²) in [5.41, 5.74) is 11.9. The van der Waals surface area contributed by atoms with E-state index in [0.717, 1.165) is 24.3 Å². The summed E-state index contributed by atoms with van der Waals surface area (Å²) in [5.74, 6) is 2.70. The Balaban J connectivity index is 0.876. The maximum absolute atomic E-state index is 14.0. The van der Waals surface area contributed by atoms with E-state index < -0.39 is 23.5 Å². The molecular weight excluding hydrogens is 855 g/mol. The second-order valence-corrected chi connectivity index (χ2v) is 14.4. The minimum Gasteiger partial charge on any atom is -0.439 e. The number of benzene rings is 4. The van der Waals surface area contributed by atoms with Gasteiger partial charge in [-0.1, -0.05) is 17.8 Å². The third-order valence-corrected chi connectivity index (χ3v) is 9.53. The highest BCUT2D eigenvalue weighted by Gasteiger charge is 2.32. The van der Waals surface area contributed by atoms with Crippen molar-refractivity contribution >= 4 is 46.7 Å². The van der Waals surface area contributed by atoms with Gasteiger partial charge in [0.15, 0.2) is 16.8 Å². The minimum atomic E-state index is -4.63. The first-order valence-corrected chi connectivity index (χ1v) is 19.4. The van der Waals surface area contributed by atoms with Crippen molar-refractivity contribution in [2.24, 2.45) is 0 Å². The molecule has 4 aromatic carbocycles. The summed E-state index contributed by atoms with van der Waals surface area (Å²) >= 11 is 1.17. The Bertz CT molecular complexity index is 2860. The first-order chi connectivity index (χ1) is 30.2. The molecule has 0 aliphatic heterocycles. The molecule has 0 saturated heterocycles. The van der Waals surface area contributed by atoms with Crippen LogP contribution >= 0.6 is 11.8 Å². The van der Waals surface area contributed by atoms with Crippen LogP contribution in [0.5, 0.6) is 23.3 Å². The van der Waals surface area contributed by atoms with Crippen molar-refractivity contribution in [1.29, 1.82) is 0 Å². The lowest BCUT2D eigenvalue weighted by atomic mass is 10.1. The maximum Gasteiger partial charge on any atom is 0.416 e. The summed E-state index contributed by atoms with van der Waals surface area (Å²) in [6.45, 7) is 0. The van der Waals surface area contributed by atoms with Crippen LogP contribution in [0.1, 0.15) is 16.7 Å². The lowest BCUT2D eigenvalue weighted by molar-refractivity contribution is -0.138. The van der Waals surface area contributed by atoms with E-state index in [1.165, 1.54) is 42.4 Å². The van der Waals surface area contributed by atoms with Gasteiger partial charge in [-0.05, 0) is 96.9 Å². The molecule has 16 nitrogen and oxygen atoms in total. The number of aryl methyl sites for hydroxylation is 1. The fraction of sp³-hybridized carbons (Fsp3) is 0.100. The molecule has 8 rings (SSSR count). The van der Waals surface area contributed by atoms with E-state index >= 15 is 0 Å². The predicted octanol–water partition coefficient (Wildman–Crippen LogP) is 9.45. The second-order valence-electron chi connectivity index (χ2n) is 13.3. The van der Waals surface area contributed by atoms with Crippen LogP contribution in [0.3, 0.4) is 0 Å². The van der Waals surface area contributed by atoms with Crippen molar-refractivity contribution in [2.45, 2.75) is 23.9 Å². The number of nitrogen functional groups attached to an aromatic ring is 2. The largest absolute Gasteiger partial charge is 0.439 e. The van der Waals surface area contributed by atoms with Gasteiger partial charge in [-0.3, -0.25) is 10.2 Å². The number of rotatable bonds is 14. The average Bonchev–Trinajstić information content (AvgIpc) is 3.91. The number of nitrogens with one attached hydrogen (secondary N) is 4. The maximum atomic E-state index is 14.0. The number of hydrogen-bond donors (Lipinski definition) is 6. The van der Waals surface area contributed by atoms with Crippen molar-refractivity contribution in [1.82, 2.24) is 50.3 Å². The van der Waals surface area contributed by atoms with Crippen LogP contribution in [0, 0.1) is 0 Å². The third kappa shape index (κ3) is 10.9. The van der Waals surface area contributed by atoms with Gasteiger partial charge in [-0.25, -0.2) is 15.0 Å². The monoisotopic (exact) mass is 884 g/mol. The Morgan fingerprint density at radius 3 is 1.79 bits per heavy atom. The number of alkyl halides is 6. The molecule has 0 aliphatic carbocycles. The number of nitrogens with zero attached hydrogens (tertiary/aromatic N) is 8. The first-order valence-electron chi connectivity index (χ1n) is 18.4. The highest BCUT2D eigenvalue weighted by Crippen LogP contribution is 2.35. The van der Waals surface area contributed by atoms with Gasteiger partial charge in [0.25, 0.3) is 0 Å². The number of aromatic nitrogens is 10. The van der Waals surface area contributed by atoms with E-state index in [1.807, 2.05) is 0 Å². The van der Waals surface area contributed by atoms with Gasteiger partial charge < -0.3 is 31.6 Å². The zero-order chi connectivity index (χ0) is 44.1. The van der Waals surface area contributed by atoms with E-state index in [4.69, 9.17) is 20.9 Å². The smallest absolute Gasteiger partial charge is 0.416 e. The summed E-state index contributed by atoms with van der Waals surface area (Å²) < 4.78 is 92.9. The second kappa shape index (κ2) is 17.6. The fourth-order valence-corrected chi connectivity index (χ4v) is 6.65. The van der Waals surface area contributed by atoms with Crippen LogP contribution in [0.15, 0.2) is 115 Å². The van der Waals surface area contributed by atoms with Gasteiger partial charge in [0.05, 0.1) is 11.1 Å². The Hall–Kier alpha value is -7.95. The quantitative estimate of drug-likeness (QED) is 0.0339. The van der Waals surface area contributed by atoms with Crippen LogP contribution < -0.4 is 31.6 Å². The van der Waals surface area contributed by atoms with Crippen LogP contribution in [-0.4, -0.2) is 56.1 Å². The van der Waals surface area contributed by atoms with Crippen molar-refractivity contribution in [3.8, 4) is 46.0 Å². The van der Waals surface area contributed by atoms with Crippen LogP contribution in [-0.2, 0) is 18.8 Å². The molecule has 0 unspecified atom stereocenters. The minimum absolute atomic E-state index is 0.0497. The molecule has 0 spiro atoms. The molecule has 8 aromatic rings. The predicted molar refractivity (Wildman–Crippen MR) is 221 cm³/mol. The summed E-state index contributed by atoms with van der Waals surface area (Å²) in [5, 5.41) is 19.5. The molecule has 320 valence electrons. The van der Waals surface area contributed by atoms with Gasteiger partial charge in [0, 0.05) is 40.4 Å². The van der Waals surface area contributed by atoms with Crippen molar-refractivity contribution < 1.29 is 35.8 Å². The average molecular weight is 885 g/mol. The van der Waals surface area contributed by atoms with Crippen LogP contribution in [0.2, 0.25) is 0 Å². The summed E-state index contributed by atoms with van der Waals surface area (Å²) in [6, 6.07) is 24.6. The fourth-order valence-electron chi connectivity index (χ4n) is 5.81. The molecule has 0 fully saturated rings. The number of nitrogens with two attached hydrogens (primary N) is 2. The molecule has 8 N–H and O–H groups in total. The molecule has 0 amide bonds. The summed E-state index contributed by atoms with van der Waals surface area (Å²) in [7, 11) is 0. The van der Waals surface area contributed by atoms with Crippen LogP contribution in [0.25, 0.3) is 22.8 Å². The van der Waals surface area contributed by atoms with Crippen molar-refractivity contribution in [2.75, 3.05) is 27.9 Å². The number of ether oxygens (including phenoxy) is 2. The topological polar surface area (TPSA) is 229 Å². The van der Waals surface area contributed by atoms with Gasteiger partial charge in [0.2, 0.25) is 23.7 Å². The number of halogens is 6. The van der Waals surface area contributed by atoms with Gasteiger partial charge >= 0.3 is 12.4 Å². The normalized spacial score (nSPS) is 11.7. The standard InChI is InChI=1S/C40H30F6N14O2S/c41-39(42,43)24-2-1-3-26(16-24)51-36-55-34(57-59-36)23-6-10-29(11-7-23)62-33-19-31(48)53-38(54-33)63-13-12-21-14-25(40(44,45)46)17-27(15-21)52-37-56-35(58-60-37)22-4-8-28(9-5-22)61-32-18-30(47)49-20-50-32/h1-11,14-20H,12-13H2,(H2,47,49,50)(H2,48,53,54)(H2,51,55,57,59)(H2,52,56,58,60). The Morgan fingerprint density at radius 1 is 0.587 bits per heavy atom. The zero-order valence-corrected chi connectivity index (χ0v) is 32.8. The Morgan fingerprint density at radius 2 is 1.17 bits per heavy atom. The van der Waals surface area contributed by atoms with E-state index in [9.17, 15) is 26.3 Å². The SMILES string of the molecule is Nc1cc(Oc2ccc(-c3nc(Nc4cc(CCSc5nc(N)cc(Oc6ccc(-c7nc(Nc8cccc(C(F)(F)F)c8)n[nH]7)cc6)n5)cc(C(F)(F)F)c4)n[nH]3)cc2)ncn1. The van der Waals surface area contributed by atoms with Gasteiger partial charge in [0.1, 0.15) is 29.5 Å². The molecule has 0 saturated carbocycles. The molecule has 0 atom stereocenters. The highest BCUT2D eigenvalue weighted by atomic mass is 32.2. The molecule has 0 radical (unpaired) electrons. The number of anilines is 6. The highest BCUT2D eigenvalue weighted by molar-refractivity contribution is 7.99. The van der Waals surface area contributed by atoms with Gasteiger partial charge in [-0.2, -0.15) is 41.3 Å². The molecule has 0 aliphatic rings. The molecule has 63 heavy (non-hydrogen) atoms.